The minimum atomic E-state index is -4.77. The Kier molecular flexibility index (Phi) is 6.01. The molecule has 3 rings (SSSR count). The quantitative estimate of drug-likeness (QED) is 0.431. The molecular formula is C18H18N2O9S. The van der Waals surface area contributed by atoms with Crippen LogP contribution in [0.25, 0.3) is 0 Å². The fourth-order valence-electron chi connectivity index (χ4n) is 3.06. The van der Waals surface area contributed by atoms with Gasteiger partial charge in [-0.25, -0.2) is 4.79 Å². The van der Waals surface area contributed by atoms with Crippen LogP contribution >= 0.6 is 0 Å². The Morgan fingerprint density at radius 3 is 2.37 bits per heavy atom. The first-order chi connectivity index (χ1) is 14.1. The van der Waals surface area contributed by atoms with Gasteiger partial charge in [-0.3, -0.25) is 23.8 Å². The molecule has 0 spiro atoms. The topological polar surface area (TPSA) is 159 Å². The van der Waals surface area contributed by atoms with Crippen LogP contribution in [0.4, 0.5) is 5.69 Å². The summed E-state index contributed by atoms with van der Waals surface area (Å²) in [7, 11) is -4.77. The van der Waals surface area contributed by atoms with Crippen molar-refractivity contribution in [2.24, 2.45) is 0 Å². The highest BCUT2D eigenvalue weighted by atomic mass is 32.2. The van der Waals surface area contributed by atoms with Gasteiger partial charge in [-0.05, 0) is 36.6 Å². The summed E-state index contributed by atoms with van der Waals surface area (Å²) in [5, 5.41) is 7.87. The first-order valence-electron chi connectivity index (χ1n) is 8.90. The SMILES string of the molecule is O=C(CCCc1ccc(N2C(=O)C=CC2O)cc1)ON1C(=O)CC(S(=O)(=O)O)C1=O. The van der Waals surface area contributed by atoms with Gasteiger partial charge in [0.15, 0.2) is 11.5 Å². The number of anilines is 1. The summed E-state index contributed by atoms with van der Waals surface area (Å²) >= 11 is 0. The van der Waals surface area contributed by atoms with Crippen LogP contribution in [-0.4, -0.2) is 58.3 Å². The average Bonchev–Trinajstić information content (AvgIpc) is 3.15. The summed E-state index contributed by atoms with van der Waals surface area (Å²) in [6.45, 7) is 0. The van der Waals surface area contributed by atoms with E-state index in [1.807, 2.05) is 0 Å². The summed E-state index contributed by atoms with van der Waals surface area (Å²) in [5.74, 6) is -3.57. The number of rotatable bonds is 7. The van der Waals surface area contributed by atoms with Crippen molar-refractivity contribution >= 4 is 39.5 Å². The van der Waals surface area contributed by atoms with Crippen LogP contribution in [-0.2, 0) is 40.6 Å². The van der Waals surface area contributed by atoms with Crippen LogP contribution in [0.3, 0.4) is 0 Å². The molecule has 0 radical (unpaired) electrons. The van der Waals surface area contributed by atoms with Gasteiger partial charge in [0.25, 0.3) is 27.8 Å². The van der Waals surface area contributed by atoms with Crippen molar-refractivity contribution in [2.75, 3.05) is 4.90 Å². The summed E-state index contributed by atoms with van der Waals surface area (Å²) in [5.41, 5.74) is 1.35. The Morgan fingerprint density at radius 2 is 1.83 bits per heavy atom. The van der Waals surface area contributed by atoms with Crippen LogP contribution in [0, 0.1) is 0 Å². The van der Waals surface area contributed by atoms with Gasteiger partial charge in [0.05, 0.1) is 6.42 Å². The number of aliphatic hydroxyl groups is 1. The number of nitrogens with zero attached hydrogens (tertiary/aromatic N) is 2. The lowest BCUT2D eigenvalue weighted by molar-refractivity contribution is -0.197. The first kappa shape index (κ1) is 21.6. The summed E-state index contributed by atoms with van der Waals surface area (Å²) in [4.78, 5) is 52.9. The van der Waals surface area contributed by atoms with Crippen molar-refractivity contribution in [1.29, 1.82) is 0 Å². The molecule has 1 fully saturated rings. The second-order valence-corrected chi connectivity index (χ2v) is 8.30. The number of amides is 3. The number of aliphatic hydroxyl groups excluding tert-OH is 1. The zero-order valence-corrected chi connectivity index (χ0v) is 16.3. The second-order valence-electron chi connectivity index (χ2n) is 6.70. The van der Waals surface area contributed by atoms with Crippen molar-refractivity contribution in [2.45, 2.75) is 37.2 Å². The van der Waals surface area contributed by atoms with E-state index in [-0.39, 0.29) is 17.4 Å². The molecule has 1 saturated heterocycles. The second kappa shape index (κ2) is 8.34. The van der Waals surface area contributed by atoms with Crippen molar-refractivity contribution in [3.63, 3.8) is 0 Å². The molecule has 0 aromatic heterocycles. The average molecular weight is 438 g/mol. The third kappa shape index (κ3) is 4.56. The largest absolute Gasteiger partial charge is 0.369 e. The Balaban J connectivity index is 1.49. The number of carbonyl (C=O) groups excluding carboxylic acids is 4. The number of imide groups is 1. The van der Waals surface area contributed by atoms with Gasteiger partial charge in [-0.2, -0.15) is 8.42 Å². The lowest BCUT2D eigenvalue weighted by atomic mass is 10.1. The molecule has 3 amide bonds. The maximum atomic E-state index is 11.9. The van der Waals surface area contributed by atoms with Gasteiger partial charge in [-0.15, -0.1) is 5.06 Å². The smallest absolute Gasteiger partial charge is 0.333 e. The Bertz CT molecular complexity index is 1020. The van der Waals surface area contributed by atoms with E-state index in [0.29, 0.717) is 18.5 Å². The number of carbonyl (C=O) groups is 4. The third-order valence-corrected chi connectivity index (χ3v) is 5.68. The van der Waals surface area contributed by atoms with E-state index < -0.39 is 45.8 Å². The van der Waals surface area contributed by atoms with Gasteiger partial charge in [-0.1, -0.05) is 12.1 Å². The van der Waals surface area contributed by atoms with E-state index in [1.54, 1.807) is 24.3 Å². The van der Waals surface area contributed by atoms with Crippen molar-refractivity contribution in [3.05, 3.63) is 42.0 Å². The molecule has 12 heteroatoms. The molecule has 2 N–H and O–H groups in total. The molecule has 0 saturated carbocycles. The molecule has 2 heterocycles. The van der Waals surface area contributed by atoms with Gasteiger partial charge in [0.1, 0.15) is 0 Å². The molecule has 0 bridgehead atoms. The van der Waals surface area contributed by atoms with Gasteiger partial charge in [0, 0.05) is 18.2 Å². The monoisotopic (exact) mass is 438 g/mol. The molecule has 1 aromatic rings. The van der Waals surface area contributed by atoms with Crippen molar-refractivity contribution in [3.8, 4) is 0 Å². The maximum Gasteiger partial charge on any atom is 0.333 e. The summed E-state index contributed by atoms with van der Waals surface area (Å²) in [6.07, 6.45) is 1.44. The van der Waals surface area contributed by atoms with E-state index in [2.05, 4.69) is 4.84 Å². The minimum Gasteiger partial charge on any atom is -0.369 e. The molecular weight excluding hydrogens is 420 g/mol. The molecule has 2 atom stereocenters. The first-order valence-corrected chi connectivity index (χ1v) is 10.4. The Labute approximate surface area is 171 Å². The lowest BCUT2D eigenvalue weighted by Crippen LogP contribution is -2.36. The molecule has 2 aliphatic heterocycles. The molecule has 0 aliphatic carbocycles. The van der Waals surface area contributed by atoms with E-state index in [9.17, 15) is 32.7 Å². The number of hydrogen-bond donors (Lipinski definition) is 2. The third-order valence-electron chi connectivity index (χ3n) is 4.59. The normalized spacial score (nSPS) is 21.6. The molecule has 1 aromatic carbocycles. The van der Waals surface area contributed by atoms with E-state index in [1.165, 1.54) is 17.1 Å². The van der Waals surface area contributed by atoms with Crippen LogP contribution in [0.2, 0.25) is 0 Å². The molecule has 160 valence electrons. The van der Waals surface area contributed by atoms with Crippen LogP contribution in [0.15, 0.2) is 36.4 Å². The van der Waals surface area contributed by atoms with Crippen LogP contribution in [0.1, 0.15) is 24.8 Å². The lowest BCUT2D eigenvalue weighted by Gasteiger charge is -2.20. The highest BCUT2D eigenvalue weighted by Crippen LogP contribution is 2.23. The van der Waals surface area contributed by atoms with E-state index >= 15 is 0 Å². The summed E-state index contributed by atoms with van der Waals surface area (Å²) < 4.78 is 31.1. The number of benzene rings is 1. The van der Waals surface area contributed by atoms with Crippen molar-refractivity contribution in [1.82, 2.24) is 5.06 Å². The molecule has 2 aliphatic rings. The Hall–Kier alpha value is -3.09. The van der Waals surface area contributed by atoms with E-state index in [0.717, 1.165) is 5.56 Å². The van der Waals surface area contributed by atoms with Crippen molar-refractivity contribution < 1.29 is 42.1 Å². The minimum absolute atomic E-state index is 0.0714. The fraction of sp³-hybridized carbons (Fsp3) is 0.333. The van der Waals surface area contributed by atoms with E-state index in [4.69, 9.17) is 4.55 Å². The van der Waals surface area contributed by atoms with Gasteiger partial charge < -0.3 is 9.94 Å². The number of aryl methyl sites for hydroxylation is 1. The van der Waals surface area contributed by atoms with Gasteiger partial charge in [0.2, 0.25) is 0 Å². The van der Waals surface area contributed by atoms with Crippen LogP contribution < -0.4 is 4.90 Å². The predicted octanol–water partition coefficient (Wildman–Crippen LogP) is -0.296. The van der Waals surface area contributed by atoms with Gasteiger partial charge >= 0.3 is 5.97 Å². The maximum absolute atomic E-state index is 11.9. The number of hydroxylamine groups is 2. The highest BCUT2D eigenvalue weighted by Gasteiger charge is 2.48. The zero-order valence-electron chi connectivity index (χ0n) is 15.5. The predicted molar refractivity (Wildman–Crippen MR) is 99.9 cm³/mol. The zero-order chi connectivity index (χ0) is 22.1. The Morgan fingerprint density at radius 1 is 1.17 bits per heavy atom. The summed E-state index contributed by atoms with van der Waals surface area (Å²) in [6, 6.07) is 6.75. The number of hydrogen-bond acceptors (Lipinski definition) is 8. The molecule has 2 unspecified atom stereocenters. The molecule has 11 nitrogen and oxygen atoms in total. The van der Waals surface area contributed by atoms with Crippen LogP contribution in [0.5, 0.6) is 0 Å². The molecule has 30 heavy (non-hydrogen) atoms. The standard InChI is InChI=1S/C18H18N2O9S/c21-14-8-9-15(22)19(14)12-6-4-11(5-7-12)2-1-3-17(24)29-20-16(23)10-13(18(20)25)30(26,27)28/h4-9,13-14,21H,1-3,10H2,(H,26,27,28). The highest BCUT2D eigenvalue weighted by molar-refractivity contribution is 7.87. The fourth-order valence-corrected chi connectivity index (χ4v) is 3.77.